The Kier molecular flexibility index (Phi) is 3.76. The summed E-state index contributed by atoms with van der Waals surface area (Å²) in [5, 5.41) is 11.7. The van der Waals surface area contributed by atoms with Crippen molar-refractivity contribution in [3.63, 3.8) is 0 Å². The van der Waals surface area contributed by atoms with Crippen molar-refractivity contribution < 1.29 is 5.11 Å². The second-order valence-electron chi connectivity index (χ2n) is 8.04. The molecule has 3 atom stereocenters. The molecule has 3 unspecified atom stereocenters. The number of halogens is 1. The lowest BCUT2D eigenvalue weighted by Gasteiger charge is -2.66. The predicted molar refractivity (Wildman–Crippen MR) is 95.1 cm³/mol. The van der Waals surface area contributed by atoms with Crippen molar-refractivity contribution in [1.82, 2.24) is 4.90 Å². The Labute approximate surface area is 146 Å². The predicted octanol–water partition coefficient (Wildman–Crippen LogP) is 4.62. The average molecular weight is 384 g/mol. The first kappa shape index (κ1) is 15.6. The maximum Gasteiger partial charge on any atom is 0.105 e. The lowest BCUT2D eigenvalue weighted by atomic mass is 9.49. The topological polar surface area (TPSA) is 23.5 Å². The molecule has 4 heteroatoms. The van der Waals surface area contributed by atoms with Gasteiger partial charge in [0.05, 0.1) is 3.79 Å². The van der Waals surface area contributed by atoms with Crippen LogP contribution in [-0.4, -0.2) is 29.1 Å². The third kappa shape index (κ3) is 2.17. The first-order valence-electron chi connectivity index (χ1n) is 8.63. The highest BCUT2D eigenvalue weighted by Crippen LogP contribution is 2.61. The van der Waals surface area contributed by atoms with Crippen LogP contribution in [0.2, 0.25) is 0 Å². The van der Waals surface area contributed by atoms with Gasteiger partial charge in [-0.1, -0.05) is 13.3 Å². The molecule has 0 aliphatic heterocycles. The average Bonchev–Trinajstić information content (AvgIpc) is 2.78. The Morgan fingerprint density at radius 2 is 2.05 bits per heavy atom. The molecule has 0 radical (unpaired) electrons. The van der Waals surface area contributed by atoms with E-state index in [1.165, 1.54) is 25.7 Å². The minimum Gasteiger partial charge on any atom is -0.384 e. The summed E-state index contributed by atoms with van der Waals surface area (Å²) in [6.07, 6.45) is 7.74. The van der Waals surface area contributed by atoms with Crippen molar-refractivity contribution >= 4 is 27.3 Å². The Hall–Kier alpha value is 0.1000. The van der Waals surface area contributed by atoms with Gasteiger partial charge < -0.3 is 10.0 Å². The van der Waals surface area contributed by atoms with Crippen LogP contribution in [0.25, 0.3) is 0 Å². The van der Waals surface area contributed by atoms with Crippen LogP contribution in [0.4, 0.5) is 0 Å². The van der Waals surface area contributed by atoms with Crippen molar-refractivity contribution in [2.45, 2.75) is 56.6 Å². The molecule has 1 N–H and O–H groups in total. The Balaban J connectivity index is 1.58. The largest absolute Gasteiger partial charge is 0.384 e. The second kappa shape index (κ2) is 5.30. The summed E-state index contributed by atoms with van der Waals surface area (Å²) in [4.78, 5) is 3.74. The normalized spacial score (nSPS) is 43.8. The fraction of sp³-hybridized carbons (Fsp3) is 0.778. The van der Waals surface area contributed by atoms with Crippen LogP contribution in [0, 0.1) is 17.8 Å². The lowest BCUT2D eigenvalue weighted by molar-refractivity contribution is -0.161. The maximum absolute atomic E-state index is 11.7. The molecule has 2 bridgehead atoms. The molecule has 2 nitrogen and oxygen atoms in total. The molecule has 122 valence electrons. The molecule has 4 aliphatic rings. The van der Waals surface area contributed by atoms with Gasteiger partial charge in [0, 0.05) is 22.9 Å². The second-order valence-corrected chi connectivity index (χ2v) is 10.5. The highest BCUT2D eigenvalue weighted by atomic mass is 79.9. The van der Waals surface area contributed by atoms with Gasteiger partial charge in [0.2, 0.25) is 0 Å². The highest BCUT2D eigenvalue weighted by molar-refractivity contribution is 9.11. The molecule has 5 rings (SSSR count). The Morgan fingerprint density at radius 3 is 2.59 bits per heavy atom. The zero-order valence-corrected chi connectivity index (χ0v) is 15.9. The Bertz CT molecular complexity index is 556. The fourth-order valence-electron chi connectivity index (χ4n) is 5.14. The summed E-state index contributed by atoms with van der Waals surface area (Å²) in [5.41, 5.74) is -0.144. The van der Waals surface area contributed by atoms with Crippen molar-refractivity contribution in [1.29, 1.82) is 0 Å². The van der Waals surface area contributed by atoms with Gasteiger partial charge in [-0.2, -0.15) is 0 Å². The van der Waals surface area contributed by atoms with E-state index in [4.69, 9.17) is 0 Å². The van der Waals surface area contributed by atoms with Crippen LogP contribution < -0.4 is 0 Å². The van der Waals surface area contributed by atoms with Crippen molar-refractivity contribution in [2.75, 3.05) is 13.6 Å². The summed E-state index contributed by atoms with van der Waals surface area (Å²) in [6, 6.07) is 4.21. The molecule has 4 aliphatic carbocycles. The summed E-state index contributed by atoms with van der Waals surface area (Å²) >= 11 is 5.28. The highest BCUT2D eigenvalue weighted by Gasteiger charge is 2.59. The molecular weight excluding hydrogens is 358 g/mol. The number of aliphatic hydroxyl groups is 1. The molecule has 4 saturated carbocycles. The zero-order valence-electron chi connectivity index (χ0n) is 13.5. The van der Waals surface area contributed by atoms with Crippen LogP contribution >= 0.6 is 27.3 Å². The number of hydrogen-bond donors (Lipinski definition) is 1. The quantitative estimate of drug-likeness (QED) is 0.819. The summed E-state index contributed by atoms with van der Waals surface area (Å²) in [7, 11) is 2.29. The molecule has 0 aromatic carbocycles. The monoisotopic (exact) mass is 383 g/mol. The van der Waals surface area contributed by atoms with E-state index in [1.807, 2.05) is 0 Å². The number of hydrogen-bond acceptors (Lipinski definition) is 3. The third-order valence-corrected chi connectivity index (χ3v) is 8.61. The van der Waals surface area contributed by atoms with Crippen molar-refractivity contribution in [3.8, 4) is 0 Å². The van der Waals surface area contributed by atoms with Gasteiger partial charge in [-0.25, -0.2) is 0 Å². The molecular formula is C18H26BrNOS. The number of rotatable bonds is 4. The molecule has 1 aromatic rings. The van der Waals surface area contributed by atoms with Gasteiger partial charge in [-0.3, -0.25) is 0 Å². The van der Waals surface area contributed by atoms with Gasteiger partial charge in [-0.05, 0) is 79.1 Å². The van der Waals surface area contributed by atoms with E-state index in [1.54, 1.807) is 11.3 Å². The van der Waals surface area contributed by atoms with Gasteiger partial charge >= 0.3 is 0 Å². The van der Waals surface area contributed by atoms with E-state index >= 15 is 0 Å². The molecule has 1 aromatic heterocycles. The number of nitrogens with zero attached hydrogens (tertiary/aromatic N) is 1. The van der Waals surface area contributed by atoms with Crippen LogP contribution in [-0.2, 0) is 5.60 Å². The first-order valence-corrected chi connectivity index (χ1v) is 10.2. The van der Waals surface area contributed by atoms with Crippen LogP contribution in [0.5, 0.6) is 0 Å². The first-order chi connectivity index (χ1) is 10.4. The molecule has 1 heterocycles. The molecule has 0 amide bonds. The summed E-state index contributed by atoms with van der Waals surface area (Å²) < 4.78 is 1.13. The Morgan fingerprint density at radius 1 is 1.32 bits per heavy atom. The summed E-state index contributed by atoms with van der Waals surface area (Å²) in [6.45, 7) is 3.28. The van der Waals surface area contributed by atoms with Gasteiger partial charge in [-0.15, -0.1) is 11.3 Å². The van der Waals surface area contributed by atoms with Gasteiger partial charge in [0.15, 0.2) is 0 Å². The molecule has 0 saturated heterocycles. The van der Waals surface area contributed by atoms with E-state index < -0.39 is 5.60 Å². The fourth-order valence-corrected chi connectivity index (χ4v) is 6.81. The van der Waals surface area contributed by atoms with E-state index in [9.17, 15) is 5.11 Å². The minimum absolute atomic E-state index is 0.346. The third-order valence-electron chi connectivity index (χ3n) is 6.84. The number of thiophene rings is 1. The zero-order chi connectivity index (χ0) is 15.5. The molecule has 0 spiro atoms. The standard InChI is InChI=1S/C18H26BrNOS/c1-12-4-3-5-14(11-20(2)17-8-13(9-17)10-17)18(12,21)15-6-7-16(19)22-15/h6-7,12-14,21H,3-5,8-11H2,1-2H3. The van der Waals surface area contributed by atoms with Crippen LogP contribution in [0.15, 0.2) is 15.9 Å². The lowest BCUT2D eigenvalue weighted by Crippen LogP contribution is -2.68. The summed E-state index contributed by atoms with van der Waals surface area (Å²) in [5.74, 6) is 1.72. The van der Waals surface area contributed by atoms with Crippen molar-refractivity contribution in [2.24, 2.45) is 17.8 Å². The molecule has 22 heavy (non-hydrogen) atoms. The van der Waals surface area contributed by atoms with Crippen LogP contribution in [0.3, 0.4) is 0 Å². The van der Waals surface area contributed by atoms with E-state index in [0.717, 1.165) is 34.0 Å². The van der Waals surface area contributed by atoms with E-state index in [-0.39, 0.29) is 0 Å². The van der Waals surface area contributed by atoms with Gasteiger partial charge in [0.25, 0.3) is 0 Å². The van der Waals surface area contributed by atoms with Crippen molar-refractivity contribution in [3.05, 3.63) is 20.8 Å². The SMILES string of the molecule is CC1CCCC(CN(C)C23CC(C2)C3)C1(O)c1ccc(Br)s1. The van der Waals surface area contributed by atoms with E-state index in [2.05, 4.69) is 46.9 Å². The molecule has 4 fully saturated rings. The van der Waals surface area contributed by atoms with Crippen LogP contribution in [0.1, 0.15) is 50.3 Å². The van der Waals surface area contributed by atoms with Gasteiger partial charge in [0.1, 0.15) is 5.60 Å². The minimum atomic E-state index is -0.646. The smallest absolute Gasteiger partial charge is 0.105 e. The van der Waals surface area contributed by atoms with E-state index in [0.29, 0.717) is 17.4 Å². The maximum atomic E-state index is 11.7.